The van der Waals surface area contributed by atoms with Crippen molar-refractivity contribution in [3.8, 4) is 11.5 Å². The summed E-state index contributed by atoms with van der Waals surface area (Å²) in [7, 11) is 1.80. The van der Waals surface area contributed by atoms with Gasteiger partial charge < -0.3 is 15.2 Å². The summed E-state index contributed by atoms with van der Waals surface area (Å²) in [6, 6.07) is 8.24. The van der Waals surface area contributed by atoms with Crippen LogP contribution >= 0.6 is 0 Å². The van der Waals surface area contributed by atoms with E-state index in [1.54, 1.807) is 7.05 Å². The minimum absolute atomic E-state index is 0.581. The highest BCUT2D eigenvalue weighted by atomic mass is 16.5. The fourth-order valence-electron chi connectivity index (χ4n) is 2.26. The van der Waals surface area contributed by atoms with Crippen LogP contribution in [0.4, 0.5) is 0 Å². The van der Waals surface area contributed by atoms with Crippen molar-refractivity contribution < 1.29 is 4.52 Å². The van der Waals surface area contributed by atoms with Crippen molar-refractivity contribution in [2.24, 2.45) is 4.99 Å². The summed E-state index contributed by atoms with van der Waals surface area (Å²) in [4.78, 5) is 8.57. The standard InChI is InChI=1S/C18H27N5O/c1-4-6-12-20-18(19-3)21-13-11-14-7-9-15(10-8-14)17-22-16(5-2)23-24-17/h7-10H,4-6,11-13H2,1-3H3,(H2,19,20,21). The third kappa shape index (κ3) is 5.37. The molecule has 2 N–H and O–H groups in total. The van der Waals surface area contributed by atoms with Crippen molar-refractivity contribution in [1.82, 2.24) is 20.8 Å². The van der Waals surface area contributed by atoms with E-state index >= 15 is 0 Å². The summed E-state index contributed by atoms with van der Waals surface area (Å²) in [5.41, 5.74) is 2.21. The smallest absolute Gasteiger partial charge is 0.257 e. The van der Waals surface area contributed by atoms with Crippen LogP contribution in [0.15, 0.2) is 33.8 Å². The number of nitrogens with zero attached hydrogens (tertiary/aromatic N) is 3. The van der Waals surface area contributed by atoms with E-state index < -0.39 is 0 Å². The van der Waals surface area contributed by atoms with Crippen LogP contribution in [-0.2, 0) is 12.8 Å². The van der Waals surface area contributed by atoms with E-state index in [4.69, 9.17) is 4.52 Å². The van der Waals surface area contributed by atoms with Crippen molar-refractivity contribution >= 4 is 5.96 Å². The molecule has 0 saturated heterocycles. The van der Waals surface area contributed by atoms with E-state index in [0.29, 0.717) is 5.89 Å². The Labute approximate surface area is 143 Å². The Morgan fingerprint density at radius 1 is 1.12 bits per heavy atom. The summed E-state index contributed by atoms with van der Waals surface area (Å²) >= 11 is 0. The first kappa shape index (κ1) is 18.0. The predicted octanol–water partition coefficient (Wildman–Crippen LogP) is 2.81. The maximum Gasteiger partial charge on any atom is 0.257 e. The Bertz CT molecular complexity index is 633. The third-order valence-electron chi connectivity index (χ3n) is 3.74. The lowest BCUT2D eigenvalue weighted by atomic mass is 10.1. The van der Waals surface area contributed by atoms with Gasteiger partial charge in [0.15, 0.2) is 11.8 Å². The second-order valence-electron chi connectivity index (χ2n) is 5.60. The Kier molecular flexibility index (Phi) is 7.26. The molecule has 6 heteroatoms. The molecule has 1 aromatic carbocycles. The number of hydrogen-bond donors (Lipinski definition) is 2. The maximum absolute atomic E-state index is 5.26. The van der Waals surface area contributed by atoms with E-state index in [1.165, 1.54) is 12.0 Å². The van der Waals surface area contributed by atoms with E-state index in [2.05, 4.69) is 44.8 Å². The topological polar surface area (TPSA) is 75.3 Å². The van der Waals surface area contributed by atoms with Crippen molar-refractivity contribution in [2.45, 2.75) is 39.5 Å². The largest absolute Gasteiger partial charge is 0.356 e. The zero-order valence-electron chi connectivity index (χ0n) is 14.8. The lowest BCUT2D eigenvalue weighted by molar-refractivity contribution is 0.423. The summed E-state index contributed by atoms with van der Waals surface area (Å²) in [6.07, 6.45) is 4.04. The molecular weight excluding hydrogens is 302 g/mol. The number of aromatic nitrogens is 2. The van der Waals surface area contributed by atoms with Crippen molar-refractivity contribution in [3.05, 3.63) is 35.7 Å². The molecule has 0 aliphatic carbocycles. The highest BCUT2D eigenvalue weighted by Crippen LogP contribution is 2.18. The third-order valence-corrected chi connectivity index (χ3v) is 3.74. The highest BCUT2D eigenvalue weighted by Gasteiger charge is 2.07. The van der Waals surface area contributed by atoms with E-state index in [-0.39, 0.29) is 0 Å². The molecule has 1 heterocycles. The molecule has 0 unspecified atom stereocenters. The second-order valence-corrected chi connectivity index (χ2v) is 5.60. The van der Waals surface area contributed by atoms with Crippen LogP contribution in [0.25, 0.3) is 11.5 Å². The number of rotatable bonds is 8. The number of guanidine groups is 1. The zero-order valence-corrected chi connectivity index (χ0v) is 14.8. The number of benzene rings is 1. The molecule has 24 heavy (non-hydrogen) atoms. The van der Waals surface area contributed by atoms with Gasteiger partial charge in [-0.15, -0.1) is 0 Å². The first-order chi connectivity index (χ1) is 11.8. The van der Waals surface area contributed by atoms with Gasteiger partial charge in [0, 0.05) is 32.1 Å². The Balaban J connectivity index is 1.81. The molecule has 0 aliphatic rings. The quantitative estimate of drug-likeness (QED) is 0.442. The lowest BCUT2D eigenvalue weighted by Gasteiger charge is -2.11. The molecule has 0 bridgehead atoms. The van der Waals surface area contributed by atoms with Gasteiger partial charge in [0.1, 0.15) is 0 Å². The van der Waals surface area contributed by atoms with Crippen molar-refractivity contribution in [3.63, 3.8) is 0 Å². The van der Waals surface area contributed by atoms with E-state index in [1.807, 2.05) is 19.1 Å². The van der Waals surface area contributed by atoms with E-state index in [9.17, 15) is 0 Å². The van der Waals surface area contributed by atoms with Crippen molar-refractivity contribution in [2.75, 3.05) is 20.1 Å². The molecule has 0 radical (unpaired) electrons. The normalized spacial score (nSPS) is 11.5. The number of aliphatic imine (C=N–C) groups is 1. The molecule has 130 valence electrons. The van der Waals surface area contributed by atoms with Gasteiger partial charge in [-0.05, 0) is 30.5 Å². The molecule has 0 spiro atoms. The van der Waals surface area contributed by atoms with Gasteiger partial charge in [-0.1, -0.05) is 37.6 Å². The average molecular weight is 329 g/mol. The van der Waals surface area contributed by atoms with Gasteiger partial charge in [0.05, 0.1) is 0 Å². The number of hydrogen-bond acceptors (Lipinski definition) is 4. The van der Waals surface area contributed by atoms with Crippen LogP contribution in [0.1, 0.15) is 38.1 Å². The van der Waals surface area contributed by atoms with Gasteiger partial charge in [0.2, 0.25) is 0 Å². The lowest BCUT2D eigenvalue weighted by Crippen LogP contribution is -2.38. The number of aryl methyl sites for hydroxylation is 1. The van der Waals surface area contributed by atoms with Gasteiger partial charge in [0.25, 0.3) is 5.89 Å². The van der Waals surface area contributed by atoms with Crippen LogP contribution < -0.4 is 10.6 Å². The zero-order chi connectivity index (χ0) is 17.2. The molecule has 0 fully saturated rings. The average Bonchev–Trinajstić information content (AvgIpc) is 3.10. The summed E-state index contributed by atoms with van der Waals surface area (Å²) in [5, 5.41) is 10.6. The van der Waals surface area contributed by atoms with Crippen LogP contribution in [0.3, 0.4) is 0 Å². The minimum atomic E-state index is 0.581. The summed E-state index contributed by atoms with van der Waals surface area (Å²) < 4.78 is 5.26. The summed E-state index contributed by atoms with van der Waals surface area (Å²) in [5.74, 6) is 2.18. The van der Waals surface area contributed by atoms with Crippen LogP contribution in [0.5, 0.6) is 0 Å². The first-order valence-corrected chi connectivity index (χ1v) is 8.63. The summed E-state index contributed by atoms with van der Waals surface area (Å²) in [6.45, 7) is 5.98. The molecule has 0 aliphatic heterocycles. The molecule has 1 aromatic heterocycles. The van der Waals surface area contributed by atoms with Gasteiger partial charge in [-0.2, -0.15) is 4.98 Å². The highest BCUT2D eigenvalue weighted by molar-refractivity contribution is 5.79. The molecular formula is C18H27N5O. The van der Waals surface area contributed by atoms with Gasteiger partial charge in [-0.25, -0.2) is 0 Å². The maximum atomic E-state index is 5.26. The predicted molar refractivity (Wildman–Crippen MR) is 97.1 cm³/mol. The molecule has 2 aromatic rings. The monoisotopic (exact) mass is 329 g/mol. The molecule has 0 saturated carbocycles. The van der Waals surface area contributed by atoms with Crippen LogP contribution in [-0.4, -0.2) is 36.2 Å². The Morgan fingerprint density at radius 3 is 2.50 bits per heavy atom. The van der Waals surface area contributed by atoms with Crippen LogP contribution in [0.2, 0.25) is 0 Å². The Hall–Kier alpha value is -2.37. The number of unbranched alkanes of at least 4 members (excludes halogenated alkanes) is 1. The van der Waals surface area contributed by atoms with Gasteiger partial charge >= 0.3 is 0 Å². The fourth-order valence-corrected chi connectivity index (χ4v) is 2.26. The van der Waals surface area contributed by atoms with E-state index in [0.717, 1.165) is 49.7 Å². The first-order valence-electron chi connectivity index (χ1n) is 8.63. The Morgan fingerprint density at radius 2 is 1.88 bits per heavy atom. The fraction of sp³-hybridized carbons (Fsp3) is 0.500. The molecule has 6 nitrogen and oxygen atoms in total. The number of nitrogens with one attached hydrogen (secondary N) is 2. The van der Waals surface area contributed by atoms with Gasteiger partial charge in [-0.3, -0.25) is 4.99 Å². The van der Waals surface area contributed by atoms with Crippen molar-refractivity contribution in [1.29, 1.82) is 0 Å². The minimum Gasteiger partial charge on any atom is -0.356 e. The molecule has 0 atom stereocenters. The molecule has 0 amide bonds. The molecule has 2 rings (SSSR count). The second kappa shape index (κ2) is 9.70. The SMILES string of the molecule is CCCCNC(=NC)NCCc1ccc(-c2nc(CC)no2)cc1. The van der Waals surface area contributed by atoms with Crippen LogP contribution in [0, 0.1) is 0 Å².